The van der Waals surface area contributed by atoms with E-state index in [9.17, 15) is 4.79 Å². The second-order valence-electron chi connectivity index (χ2n) is 8.88. The van der Waals surface area contributed by atoms with E-state index in [1.54, 1.807) is 7.11 Å². The molecule has 1 amide bonds. The molecule has 8 nitrogen and oxygen atoms in total. The molecule has 3 rings (SSSR count). The standard InChI is InChI=1S/C24H40N6O2/c1-19(23(31)29-12-8-9-13-29)28-14-16-30(17-15-28)24(25-2)26-18-21(27(3)4)20-10-6-7-11-22(20)32-5/h6-7,10-11,19,21H,8-9,12-18H2,1-5H3,(H,25,26). The Kier molecular flexibility index (Phi) is 8.75. The number of hydrogen-bond acceptors (Lipinski definition) is 5. The van der Waals surface area contributed by atoms with Gasteiger partial charge in [-0.3, -0.25) is 14.7 Å². The van der Waals surface area contributed by atoms with Crippen molar-refractivity contribution >= 4 is 11.9 Å². The van der Waals surface area contributed by atoms with E-state index in [0.29, 0.717) is 0 Å². The number of piperazine rings is 1. The van der Waals surface area contributed by atoms with E-state index in [1.165, 1.54) is 0 Å². The number of benzene rings is 1. The Morgan fingerprint density at radius 2 is 1.75 bits per heavy atom. The first-order valence-electron chi connectivity index (χ1n) is 11.7. The third-order valence-corrected chi connectivity index (χ3v) is 6.72. The summed E-state index contributed by atoms with van der Waals surface area (Å²) in [6.45, 7) is 8.06. The smallest absolute Gasteiger partial charge is 0.239 e. The molecule has 0 bridgehead atoms. The van der Waals surface area contributed by atoms with Crippen LogP contribution in [0.1, 0.15) is 31.4 Å². The van der Waals surface area contributed by atoms with Crippen LogP contribution in [0.4, 0.5) is 0 Å². The summed E-state index contributed by atoms with van der Waals surface area (Å²) in [5.74, 6) is 2.09. The molecule has 0 radical (unpaired) electrons. The quantitative estimate of drug-likeness (QED) is 0.508. The Balaban J connectivity index is 1.55. The molecule has 1 aromatic rings. The average Bonchev–Trinajstić information content (AvgIpc) is 3.36. The summed E-state index contributed by atoms with van der Waals surface area (Å²) in [5.41, 5.74) is 1.15. The summed E-state index contributed by atoms with van der Waals surface area (Å²) in [6, 6.07) is 8.27. The molecule has 8 heteroatoms. The highest BCUT2D eigenvalue weighted by atomic mass is 16.5. The molecule has 2 heterocycles. The first kappa shape index (κ1) is 24.3. The predicted octanol–water partition coefficient (Wildman–Crippen LogP) is 1.50. The van der Waals surface area contributed by atoms with Gasteiger partial charge in [0.1, 0.15) is 5.75 Å². The lowest BCUT2D eigenvalue weighted by Crippen LogP contribution is -2.57. The Morgan fingerprint density at radius 3 is 2.34 bits per heavy atom. The molecule has 1 N–H and O–H groups in total. The van der Waals surface area contributed by atoms with E-state index in [2.05, 4.69) is 52.1 Å². The normalized spacial score (nSPS) is 19.9. The van der Waals surface area contributed by atoms with Gasteiger partial charge in [-0.2, -0.15) is 0 Å². The lowest BCUT2D eigenvalue weighted by Gasteiger charge is -2.40. The first-order valence-corrected chi connectivity index (χ1v) is 11.7. The molecule has 2 aliphatic rings. The van der Waals surface area contributed by atoms with Crippen molar-refractivity contribution in [2.24, 2.45) is 4.99 Å². The van der Waals surface area contributed by atoms with Crippen LogP contribution in [0.25, 0.3) is 0 Å². The van der Waals surface area contributed by atoms with Crippen LogP contribution in [0.2, 0.25) is 0 Å². The van der Waals surface area contributed by atoms with E-state index in [-0.39, 0.29) is 18.0 Å². The zero-order valence-corrected chi connectivity index (χ0v) is 20.4. The van der Waals surface area contributed by atoms with Gasteiger partial charge in [0.25, 0.3) is 0 Å². The minimum absolute atomic E-state index is 0.0473. The van der Waals surface area contributed by atoms with E-state index >= 15 is 0 Å². The zero-order chi connectivity index (χ0) is 23.1. The summed E-state index contributed by atoms with van der Waals surface area (Å²) in [4.78, 5) is 26.1. The van der Waals surface area contributed by atoms with Crippen molar-refractivity contribution in [3.05, 3.63) is 29.8 Å². The number of carbonyl (C=O) groups is 1. The number of nitrogens with zero attached hydrogens (tertiary/aromatic N) is 5. The van der Waals surface area contributed by atoms with Crippen LogP contribution in [0.3, 0.4) is 0 Å². The maximum absolute atomic E-state index is 12.8. The van der Waals surface area contributed by atoms with Crippen LogP contribution in [-0.2, 0) is 4.79 Å². The maximum Gasteiger partial charge on any atom is 0.239 e. The van der Waals surface area contributed by atoms with Crippen molar-refractivity contribution in [2.75, 3.05) is 74.1 Å². The number of ether oxygens (including phenoxy) is 1. The van der Waals surface area contributed by atoms with Crippen molar-refractivity contribution in [3.63, 3.8) is 0 Å². The van der Waals surface area contributed by atoms with Gasteiger partial charge in [0.15, 0.2) is 5.96 Å². The summed E-state index contributed by atoms with van der Waals surface area (Å²) in [6.07, 6.45) is 2.27. The fraction of sp³-hybridized carbons (Fsp3) is 0.667. The second kappa shape index (κ2) is 11.5. The SMILES string of the molecule is CN=C(NCC(c1ccccc1OC)N(C)C)N1CCN(C(C)C(=O)N2CCCC2)CC1. The third-order valence-electron chi connectivity index (χ3n) is 6.72. The van der Waals surface area contributed by atoms with Gasteiger partial charge in [0.05, 0.1) is 19.2 Å². The van der Waals surface area contributed by atoms with Crippen LogP contribution in [-0.4, -0.2) is 112 Å². The van der Waals surface area contributed by atoms with Crippen LogP contribution in [0, 0.1) is 0 Å². The minimum atomic E-state index is -0.0473. The number of methoxy groups -OCH3 is 1. The third kappa shape index (κ3) is 5.72. The van der Waals surface area contributed by atoms with Gasteiger partial charge in [0, 0.05) is 58.4 Å². The number of hydrogen-bond donors (Lipinski definition) is 1. The van der Waals surface area contributed by atoms with Gasteiger partial charge in [-0.05, 0) is 39.9 Å². The monoisotopic (exact) mass is 444 g/mol. The number of para-hydroxylation sites is 1. The number of guanidine groups is 1. The Morgan fingerprint density at radius 1 is 1.09 bits per heavy atom. The summed E-state index contributed by atoms with van der Waals surface area (Å²) >= 11 is 0. The Labute approximate surface area is 193 Å². The van der Waals surface area contributed by atoms with E-state index in [1.807, 2.05) is 30.1 Å². The van der Waals surface area contributed by atoms with Crippen LogP contribution >= 0.6 is 0 Å². The zero-order valence-electron chi connectivity index (χ0n) is 20.4. The highest BCUT2D eigenvalue weighted by Crippen LogP contribution is 2.27. The minimum Gasteiger partial charge on any atom is -0.496 e. The lowest BCUT2D eigenvalue weighted by molar-refractivity contribution is -0.135. The number of likely N-dealkylation sites (N-methyl/N-ethyl adjacent to an activating group) is 1. The van der Waals surface area contributed by atoms with Gasteiger partial charge < -0.3 is 24.8 Å². The molecule has 1 aromatic carbocycles. The number of likely N-dealkylation sites (tertiary alicyclic amines) is 1. The fourth-order valence-corrected chi connectivity index (χ4v) is 4.71. The molecule has 32 heavy (non-hydrogen) atoms. The molecule has 2 unspecified atom stereocenters. The molecule has 2 aliphatic heterocycles. The van der Waals surface area contributed by atoms with Crippen molar-refractivity contribution in [2.45, 2.75) is 31.8 Å². The van der Waals surface area contributed by atoms with Gasteiger partial charge in [-0.25, -0.2) is 0 Å². The maximum atomic E-state index is 12.8. The fourth-order valence-electron chi connectivity index (χ4n) is 4.71. The van der Waals surface area contributed by atoms with Crippen molar-refractivity contribution in [1.29, 1.82) is 0 Å². The first-order chi connectivity index (χ1) is 15.5. The number of amides is 1. The van der Waals surface area contributed by atoms with Crippen molar-refractivity contribution < 1.29 is 9.53 Å². The molecular formula is C24H40N6O2. The molecule has 2 fully saturated rings. The highest BCUT2D eigenvalue weighted by molar-refractivity contribution is 5.82. The van der Waals surface area contributed by atoms with Crippen LogP contribution in [0.5, 0.6) is 5.75 Å². The van der Waals surface area contributed by atoms with Crippen molar-refractivity contribution in [3.8, 4) is 5.75 Å². The van der Waals surface area contributed by atoms with E-state index in [4.69, 9.17) is 4.74 Å². The molecule has 0 saturated carbocycles. The van der Waals surface area contributed by atoms with Gasteiger partial charge >= 0.3 is 0 Å². The molecule has 0 aliphatic carbocycles. The summed E-state index contributed by atoms with van der Waals surface area (Å²) < 4.78 is 5.58. The van der Waals surface area contributed by atoms with Gasteiger partial charge in [0.2, 0.25) is 5.91 Å². The van der Waals surface area contributed by atoms with Gasteiger partial charge in [-0.15, -0.1) is 0 Å². The number of aliphatic imine (C=N–C) groups is 1. The number of carbonyl (C=O) groups excluding carboxylic acids is 1. The topological polar surface area (TPSA) is 63.7 Å². The Hall–Kier alpha value is -2.32. The van der Waals surface area contributed by atoms with Gasteiger partial charge in [-0.1, -0.05) is 18.2 Å². The van der Waals surface area contributed by atoms with Crippen LogP contribution in [0.15, 0.2) is 29.3 Å². The summed E-state index contributed by atoms with van der Waals surface area (Å²) in [7, 11) is 7.72. The number of rotatable bonds is 7. The molecular weight excluding hydrogens is 404 g/mol. The van der Waals surface area contributed by atoms with E-state index in [0.717, 1.165) is 75.9 Å². The highest BCUT2D eigenvalue weighted by Gasteiger charge is 2.30. The lowest BCUT2D eigenvalue weighted by atomic mass is 10.0. The molecule has 2 atom stereocenters. The molecule has 0 aromatic heterocycles. The average molecular weight is 445 g/mol. The second-order valence-corrected chi connectivity index (χ2v) is 8.88. The van der Waals surface area contributed by atoms with E-state index < -0.39 is 0 Å². The van der Waals surface area contributed by atoms with Crippen LogP contribution < -0.4 is 10.1 Å². The molecule has 0 spiro atoms. The predicted molar refractivity (Wildman–Crippen MR) is 129 cm³/mol. The van der Waals surface area contributed by atoms with Crippen molar-refractivity contribution in [1.82, 2.24) is 24.9 Å². The Bertz CT molecular complexity index is 770. The largest absolute Gasteiger partial charge is 0.496 e. The molecule has 2 saturated heterocycles. The summed E-state index contributed by atoms with van der Waals surface area (Å²) in [5, 5.41) is 3.57. The molecule has 178 valence electrons. The number of nitrogens with one attached hydrogen (secondary N) is 1.